The number of nitro groups is 1. The number of amides is 2. The Bertz CT molecular complexity index is 1140. The van der Waals surface area contributed by atoms with Gasteiger partial charge in [0, 0.05) is 50.4 Å². The molecule has 2 amide bonds. The van der Waals surface area contributed by atoms with Gasteiger partial charge in [-0.2, -0.15) is 0 Å². The van der Waals surface area contributed by atoms with Gasteiger partial charge >= 0.3 is 0 Å². The predicted octanol–water partition coefficient (Wildman–Crippen LogP) is 3.02. The van der Waals surface area contributed by atoms with Gasteiger partial charge in [-0.3, -0.25) is 24.5 Å². The molecule has 2 aromatic carbocycles. The third-order valence-electron chi connectivity index (χ3n) is 6.32. The number of rotatable bonds is 7. The summed E-state index contributed by atoms with van der Waals surface area (Å²) < 4.78 is 0. The maximum Gasteiger partial charge on any atom is 0.293 e. The van der Waals surface area contributed by atoms with E-state index >= 15 is 0 Å². The van der Waals surface area contributed by atoms with Crippen molar-refractivity contribution >= 4 is 29.0 Å². The molecule has 1 aliphatic carbocycles. The minimum Gasteiger partial charge on any atom is -0.372 e. The third kappa shape index (κ3) is 4.93. The lowest BCUT2D eigenvalue weighted by atomic mass is 9.94. The topological polar surface area (TPSA) is 113 Å². The van der Waals surface area contributed by atoms with Crippen LogP contribution in [0.4, 0.5) is 11.4 Å². The van der Waals surface area contributed by atoms with Crippen LogP contribution in [0.5, 0.6) is 0 Å². The van der Waals surface area contributed by atoms with Crippen molar-refractivity contribution in [3.8, 4) is 0 Å². The largest absolute Gasteiger partial charge is 0.372 e. The van der Waals surface area contributed by atoms with E-state index in [0.717, 1.165) is 19.3 Å². The number of nitrogens with zero attached hydrogens (tertiary/aromatic N) is 3. The number of carbonyl (C=O) groups excluding carboxylic acids is 3. The van der Waals surface area contributed by atoms with Gasteiger partial charge in [-0.15, -0.1) is 0 Å². The van der Waals surface area contributed by atoms with Crippen LogP contribution in [0.25, 0.3) is 0 Å². The molecule has 0 aromatic heterocycles. The van der Waals surface area contributed by atoms with E-state index in [9.17, 15) is 24.5 Å². The molecule has 1 saturated heterocycles. The van der Waals surface area contributed by atoms with Crippen molar-refractivity contribution in [3.63, 3.8) is 0 Å². The van der Waals surface area contributed by atoms with Gasteiger partial charge in [0.05, 0.1) is 16.4 Å². The molecule has 4 rings (SSSR count). The molecule has 9 heteroatoms. The Hall–Kier alpha value is -3.75. The molecule has 1 N–H and O–H groups in total. The first-order valence-corrected chi connectivity index (χ1v) is 11.5. The predicted molar refractivity (Wildman–Crippen MR) is 127 cm³/mol. The number of ketones is 1. The Balaban J connectivity index is 1.58. The Morgan fingerprint density at radius 1 is 1.06 bits per heavy atom. The first-order valence-electron chi connectivity index (χ1n) is 11.5. The molecule has 2 aromatic rings. The summed E-state index contributed by atoms with van der Waals surface area (Å²) in [4.78, 5) is 53.5. The fourth-order valence-corrected chi connectivity index (χ4v) is 4.30. The highest BCUT2D eigenvalue weighted by Crippen LogP contribution is 2.30. The van der Waals surface area contributed by atoms with Gasteiger partial charge in [0.25, 0.3) is 11.6 Å². The standard InChI is InChI=1S/C25H28N4O5/c1-27(2)21-12-9-16(14-22(21)29(33)34)23(30)19-7-3-4-8-20(19)25(32)28-13-5-6-17(15-28)24(31)26-18-10-11-18/h3-4,7-9,12,14,17-18H,5-6,10-11,13,15H2,1-2H3,(H,26,31). The van der Waals surface area contributed by atoms with Crippen molar-refractivity contribution in [2.75, 3.05) is 32.1 Å². The van der Waals surface area contributed by atoms with E-state index in [1.54, 1.807) is 48.2 Å². The first-order chi connectivity index (χ1) is 16.3. The number of nitro benzene ring substituents is 1. The molecule has 0 bridgehead atoms. The third-order valence-corrected chi connectivity index (χ3v) is 6.32. The summed E-state index contributed by atoms with van der Waals surface area (Å²) in [6, 6.07) is 11.1. The molecule has 1 atom stereocenters. The quantitative estimate of drug-likeness (QED) is 0.383. The minimum atomic E-state index is -0.524. The fraction of sp³-hybridized carbons (Fsp3) is 0.400. The van der Waals surface area contributed by atoms with Crippen molar-refractivity contribution in [2.24, 2.45) is 5.92 Å². The highest BCUT2D eigenvalue weighted by atomic mass is 16.6. The Labute approximate surface area is 197 Å². The van der Waals surface area contributed by atoms with Crippen molar-refractivity contribution in [2.45, 2.75) is 31.7 Å². The normalized spacial score (nSPS) is 17.7. The molecule has 1 aliphatic heterocycles. The molecule has 0 radical (unpaired) electrons. The molecule has 1 saturated carbocycles. The van der Waals surface area contributed by atoms with Crippen LogP contribution >= 0.6 is 0 Å². The second-order valence-corrected chi connectivity index (χ2v) is 9.10. The van der Waals surface area contributed by atoms with Crippen LogP contribution in [0.2, 0.25) is 0 Å². The molecule has 2 fully saturated rings. The van der Waals surface area contributed by atoms with E-state index in [0.29, 0.717) is 25.2 Å². The molecule has 2 aliphatic rings. The lowest BCUT2D eigenvalue weighted by Crippen LogP contribution is -2.46. The van der Waals surface area contributed by atoms with Gasteiger partial charge in [0.1, 0.15) is 5.69 Å². The van der Waals surface area contributed by atoms with Crippen LogP contribution in [-0.4, -0.2) is 60.6 Å². The number of benzene rings is 2. The second-order valence-electron chi connectivity index (χ2n) is 9.10. The van der Waals surface area contributed by atoms with Crippen LogP contribution in [-0.2, 0) is 4.79 Å². The van der Waals surface area contributed by atoms with Gasteiger partial charge < -0.3 is 15.1 Å². The van der Waals surface area contributed by atoms with Gasteiger partial charge in [-0.25, -0.2) is 0 Å². The van der Waals surface area contributed by atoms with E-state index in [1.165, 1.54) is 18.2 Å². The van der Waals surface area contributed by atoms with E-state index < -0.39 is 10.7 Å². The summed E-state index contributed by atoms with van der Waals surface area (Å²) in [5.41, 5.74) is 0.756. The summed E-state index contributed by atoms with van der Waals surface area (Å²) in [5, 5.41) is 14.6. The molecular formula is C25H28N4O5. The average Bonchev–Trinajstić information content (AvgIpc) is 3.66. The van der Waals surface area contributed by atoms with Crippen LogP contribution in [0.15, 0.2) is 42.5 Å². The highest BCUT2D eigenvalue weighted by molar-refractivity contribution is 6.15. The van der Waals surface area contributed by atoms with Crippen molar-refractivity contribution < 1.29 is 19.3 Å². The molecular weight excluding hydrogens is 436 g/mol. The SMILES string of the molecule is CN(C)c1ccc(C(=O)c2ccccc2C(=O)N2CCCC(C(=O)NC3CC3)C2)cc1[N+](=O)[O-]. The van der Waals surface area contributed by atoms with Crippen molar-refractivity contribution in [1.82, 2.24) is 10.2 Å². The van der Waals surface area contributed by atoms with Crippen LogP contribution in [0.1, 0.15) is 52.0 Å². The summed E-state index contributed by atoms with van der Waals surface area (Å²) in [5.74, 6) is -1.05. The van der Waals surface area contributed by atoms with E-state index in [1.807, 2.05) is 0 Å². The first kappa shape index (κ1) is 23.4. The molecule has 0 spiro atoms. The molecule has 34 heavy (non-hydrogen) atoms. The van der Waals surface area contributed by atoms with Gasteiger partial charge in [-0.1, -0.05) is 18.2 Å². The number of likely N-dealkylation sites (tertiary alicyclic amines) is 1. The number of piperidine rings is 1. The highest BCUT2D eigenvalue weighted by Gasteiger charge is 2.33. The van der Waals surface area contributed by atoms with E-state index in [-0.39, 0.29) is 46.2 Å². The Morgan fingerprint density at radius 2 is 1.76 bits per heavy atom. The lowest BCUT2D eigenvalue weighted by Gasteiger charge is -2.32. The minimum absolute atomic E-state index is 0.0161. The zero-order chi connectivity index (χ0) is 24.4. The smallest absolute Gasteiger partial charge is 0.293 e. The number of nitrogens with one attached hydrogen (secondary N) is 1. The molecule has 9 nitrogen and oxygen atoms in total. The summed E-state index contributed by atoms with van der Waals surface area (Å²) >= 11 is 0. The molecule has 1 unspecified atom stereocenters. The second kappa shape index (κ2) is 9.62. The summed E-state index contributed by atoms with van der Waals surface area (Å²) in [6.07, 6.45) is 3.45. The van der Waals surface area contributed by atoms with E-state index in [2.05, 4.69) is 5.32 Å². The van der Waals surface area contributed by atoms with Crippen LogP contribution in [0, 0.1) is 16.0 Å². The zero-order valence-electron chi connectivity index (χ0n) is 19.3. The molecule has 178 valence electrons. The van der Waals surface area contributed by atoms with Gasteiger partial charge in [0.2, 0.25) is 5.91 Å². The number of hydrogen-bond donors (Lipinski definition) is 1. The van der Waals surface area contributed by atoms with Gasteiger partial charge in [0.15, 0.2) is 5.78 Å². The van der Waals surface area contributed by atoms with E-state index in [4.69, 9.17) is 0 Å². The average molecular weight is 465 g/mol. The van der Waals surface area contributed by atoms with Crippen molar-refractivity contribution in [3.05, 3.63) is 69.3 Å². The maximum absolute atomic E-state index is 13.4. The number of carbonyl (C=O) groups is 3. The number of hydrogen-bond acceptors (Lipinski definition) is 6. The number of anilines is 1. The lowest BCUT2D eigenvalue weighted by molar-refractivity contribution is -0.384. The monoisotopic (exact) mass is 464 g/mol. The summed E-state index contributed by atoms with van der Waals surface area (Å²) in [7, 11) is 3.38. The Kier molecular flexibility index (Phi) is 6.63. The van der Waals surface area contributed by atoms with Crippen LogP contribution < -0.4 is 10.2 Å². The maximum atomic E-state index is 13.4. The summed E-state index contributed by atoms with van der Waals surface area (Å²) in [6.45, 7) is 0.820. The van der Waals surface area contributed by atoms with Gasteiger partial charge in [-0.05, 0) is 43.9 Å². The van der Waals surface area contributed by atoms with Crippen molar-refractivity contribution in [1.29, 1.82) is 0 Å². The van der Waals surface area contributed by atoms with Crippen LogP contribution in [0.3, 0.4) is 0 Å². The molecule has 1 heterocycles. The zero-order valence-corrected chi connectivity index (χ0v) is 19.3. The Morgan fingerprint density at radius 3 is 2.41 bits per heavy atom. The fourth-order valence-electron chi connectivity index (χ4n) is 4.30.